The van der Waals surface area contributed by atoms with Crippen LogP contribution in [0.1, 0.15) is 35.5 Å². The molecule has 196 valence electrons. The Kier molecular flexibility index (Phi) is 7.75. The minimum atomic E-state index is -5.16. The number of nitrogens with zero attached hydrogens (tertiary/aromatic N) is 4. The fraction of sp³-hybridized carbons (Fsp3) is 0.185. The summed E-state index contributed by atoms with van der Waals surface area (Å²) in [6.45, 7) is 2.08. The van der Waals surface area contributed by atoms with Gasteiger partial charge in [0.2, 0.25) is 0 Å². The molecule has 1 atom stereocenters. The molecule has 0 fully saturated rings. The molecule has 11 heteroatoms. The lowest BCUT2D eigenvalue weighted by Gasteiger charge is -2.20. The van der Waals surface area contributed by atoms with E-state index in [1.54, 1.807) is 28.9 Å². The summed E-state index contributed by atoms with van der Waals surface area (Å²) in [6, 6.07) is 23.9. The molecule has 0 saturated carbocycles. The number of halogens is 3. The molecule has 4 rings (SSSR count). The highest BCUT2D eigenvalue weighted by molar-refractivity contribution is 5.97. The molecule has 3 aromatic carbocycles. The molecule has 3 N–H and O–H groups in total. The molecule has 1 aromatic heterocycles. The van der Waals surface area contributed by atoms with Gasteiger partial charge in [-0.1, -0.05) is 66.7 Å². The molecular formula is C27H25F3N6O2. The van der Waals surface area contributed by atoms with E-state index in [2.05, 4.69) is 39.5 Å². The third-order valence-electron chi connectivity index (χ3n) is 5.73. The minimum Gasteiger partial charge on any atom is -0.380 e. The van der Waals surface area contributed by atoms with Gasteiger partial charge >= 0.3 is 12.1 Å². The quantitative estimate of drug-likeness (QED) is 0.146. The zero-order valence-electron chi connectivity index (χ0n) is 20.6. The lowest BCUT2D eigenvalue weighted by Crippen LogP contribution is -2.25. The van der Waals surface area contributed by atoms with Crippen LogP contribution >= 0.6 is 0 Å². The second-order valence-corrected chi connectivity index (χ2v) is 8.39. The Bertz CT molecular complexity index is 1430. The Balaban J connectivity index is 1.63. The number of nitrogens with one attached hydrogen (secondary N) is 1. The Morgan fingerprint density at radius 3 is 2.45 bits per heavy atom. The molecule has 0 amide bonds. The molecule has 0 radical (unpaired) electrons. The summed E-state index contributed by atoms with van der Waals surface area (Å²) in [5.74, 6) is -1.55. The van der Waals surface area contributed by atoms with Crippen molar-refractivity contribution >= 4 is 17.5 Å². The third kappa shape index (κ3) is 6.17. The average molecular weight is 523 g/mol. The van der Waals surface area contributed by atoms with Crippen molar-refractivity contribution in [2.24, 2.45) is 17.9 Å². The van der Waals surface area contributed by atoms with Crippen molar-refractivity contribution in [2.45, 2.75) is 25.6 Å². The van der Waals surface area contributed by atoms with Gasteiger partial charge in [-0.2, -0.15) is 18.3 Å². The van der Waals surface area contributed by atoms with Crippen LogP contribution in [-0.2, 0) is 23.1 Å². The first-order chi connectivity index (χ1) is 18.2. The second-order valence-electron chi connectivity index (χ2n) is 8.39. The van der Waals surface area contributed by atoms with Gasteiger partial charge in [0.15, 0.2) is 17.5 Å². The number of amidine groups is 1. The fourth-order valence-corrected chi connectivity index (χ4v) is 3.75. The number of carbonyl (C=O) groups is 1. The van der Waals surface area contributed by atoms with Crippen LogP contribution in [-0.4, -0.2) is 32.7 Å². The van der Waals surface area contributed by atoms with Crippen LogP contribution in [0.5, 0.6) is 0 Å². The zero-order valence-corrected chi connectivity index (χ0v) is 20.6. The van der Waals surface area contributed by atoms with Gasteiger partial charge in [-0.25, -0.2) is 9.78 Å². The lowest BCUT2D eigenvalue weighted by molar-refractivity contribution is -0.199. The van der Waals surface area contributed by atoms with Gasteiger partial charge in [-0.15, -0.1) is 0 Å². The highest BCUT2D eigenvalue weighted by Crippen LogP contribution is 2.28. The van der Waals surface area contributed by atoms with Crippen LogP contribution in [0.15, 0.2) is 84.0 Å². The predicted octanol–water partition coefficient (Wildman–Crippen LogP) is 4.97. The number of alkyl halides is 3. The van der Waals surface area contributed by atoms with E-state index in [1.807, 2.05) is 49.5 Å². The summed E-state index contributed by atoms with van der Waals surface area (Å²) in [6.07, 6.45) is -4.30. The van der Waals surface area contributed by atoms with Crippen molar-refractivity contribution in [3.05, 3.63) is 101 Å². The highest BCUT2D eigenvalue weighted by Gasteiger charge is 2.41. The standard InChI is InChI=1S/C27H25F3N6O2/c1-3-17-8-7-11-20(16-17)22(25-33-24(34-36(25)2)19-9-5-4-6-10-19)32-21-14-12-18(13-15-21)23(31)35-38-26(37)27(28,29)30/h4-16,22,32H,3H2,1-2H3,(H2,31,35). The van der Waals surface area contributed by atoms with Crippen LogP contribution in [0.2, 0.25) is 0 Å². The normalized spacial score (nSPS) is 12.7. The highest BCUT2D eigenvalue weighted by atomic mass is 19.4. The number of rotatable bonds is 8. The number of nitrogens with two attached hydrogens (primary N) is 1. The summed E-state index contributed by atoms with van der Waals surface area (Å²) in [5.41, 5.74) is 9.68. The maximum absolute atomic E-state index is 12.3. The molecule has 0 bridgehead atoms. The van der Waals surface area contributed by atoms with Crippen LogP contribution in [0, 0.1) is 0 Å². The summed E-state index contributed by atoms with van der Waals surface area (Å²) in [7, 11) is 1.83. The van der Waals surface area contributed by atoms with Crippen molar-refractivity contribution in [2.75, 3.05) is 5.32 Å². The van der Waals surface area contributed by atoms with E-state index < -0.39 is 12.1 Å². The smallest absolute Gasteiger partial charge is 0.380 e. The summed E-state index contributed by atoms with van der Waals surface area (Å²) in [5, 5.41) is 11.2. The topological polar surface area (TPSA) is 107 Å². The van der Waals surface area contributed by atoms with Crippen LogP contribution in [0.4, 0.5) is 18.9 Å². The Morgan fingerprint density at radius 2 is 1.79 bits per heavy atom. The number of carbonyl (C=O) groups excluding carboxylic acids is 1. The average Bonchev–Trinajstić information content (AvgIpc) is 3.31. The van der Waals surface area contributed by atoms with Gasteiger partial charge in [0.1, 0.15) is 6.04 Å². The summed E-state index contributed by atoms with van der Waals surface area (Å²) >= 11 is 0. The van der Waals surface area contributed by atoms with Crippen molar-refractivity contribution in [1.29, 1.82) is 0 Å². The van der Waals surface area contributed by atoms with Gasteiger partial charge in [-0.3, -0.25) is 4.68 Å². The predicted molar refractivity (Wildman–Crippen MR) is 137 cm³/mol. The number of benzene rings is 3. The maximum Gasteiger partial charge on any atom is 0.493 e. The van der Waals surface area contributed by atoms with Gasteiger partial charge in [-0.05, 0) is 41.8 Å². The molecule has 0 aliphatic carbocycles. The lowest BCUT2D eigenvalue weighted by atomic mass is 10.0. The summed E-state index contributed by atoms with van der Waals surface area (Å²) in [4.78, 5) is 19.6. The molecule has 38 heavy (non-hydrogen) atoms. The Hall–Kier alpha value is -4.67. The van der Waals surface area contributed by atoms with E-state index >= 15 is 0 Å². The number of oxime groups is 1. The molecular weight excluding hydrogens is 497 g/mol. The Morgan fingerprint density at radius 1 is 1.08 bits per heavy atom. The van der Waals surface area contributed by atoms with Crippen molar-refractivity contribution in [1.82, 2.24) is 14.8 Å². The van der Waals surface area contributed by atoms with Gasteiger partial charge in [0.05, 0.1) is 0 Å². The van der Waals surface area contributed by atoms with Crippen LogP contribution in [0.25, 0.3) is 11.4 Å². The van der Waals surface area contributed by atoms with Crippen LogP contribution in [0.3, 0.4) is 0 Å². The van der Waals surface area contributed by atoms with Crippen LogP contribution < -0.4 is 11.1 Å². The monoisotopic (exact) mass is 522 g/mol. The fourth-order valence-electron chi connectivity index (χ4n) is 3.75. The van der Waals surface area contributed by atoms with E-state index in [4.69, 9.17) is 10.7 Å². The van der Waals surface area contributed by atoms with Gasteiger partial charge in [0.25, 0.3) is 0 Å². The molecule has 0 aliphatic heterocycles. The molecule has 1 unspecified atom stereocenters. The number of aryl methyl sites for hydroxylation is 2. The first kappa shape index (κ1) is 26.4. The van der Waals surface area contributed by atoms with E-state index in [1.165, 1.54) is 0 Å². The second kappa shape index (κ2) is 11.2. The SMILES string of the molecule is CCc1cccc(C(Nc2ccc(C(N)=NOC(=O)C(F)(F)F)cc2)c2nc(-c3ccccc3)nn2C)c1. The molecule has 0 saturated heterocycles. The molecule has 0 aliphatic rings. The molecule has 1 heterocycles. The number of hydrogen-bond acceptors (Lipinski definition) is 6. The Labute approximate surface area is 216 Å². The largest absolute Gasteiger partial charge is 0.493 e. The molecule has 0 spiro atoms. The van der Waals surface area contributed by atoms with Crippen molar-refractivity contribution in [3.8, 4) is 11.4 Å². The molecule has 4 aromatic rings. The summed E-state index contributed by atoms with van der Waals surface area (Å²) < 4.78 is 38.7. The minimum absolute atomic E-state index is 0.278. The van der Waals surface area contributed by atoms with Crippen molar-refractivity contribution < 1.29 is 22.8 Å². The van der Waals surface area contributed by atoms with Gasteiger partial charge < -0.3 is 15.9 Å². The van der Waals surface area contributed by atoms with E-state index in [9.17, 15) is 18.0 Å². The maximum atomic E-state index is 12.3. The van der Waals surface area contributed by atoms with E-state index in [0.717, 1.165) is 23.1 Å². The number of hydrogen-bond donors (Lipinski definition) is 2. The first-order valence-electron chi connectivity index (χ1n) is 11.7. The third-order valence-corrected chi connectivity index (χ3v) is 5.73. The van der Waals surface area contributed by atoms with E-state index in [0.29, 0.717) is 17.3 Å². The van der Waals surface area contributed by atoms with Crippen molar-refractivity contribution in [3.63, 3.8) is 0 Å². The first-order valence-corrected chi connectivity index (χ1v) is 11.7. The number of aromatic nitrogens is 3. The van der Waals surface area contributed by atoms with E-state index in [-0.39, 0.29) is 17.4 Å². The molecule has 8 nitrogen and oxygen atoms in total. The number of anilines is 1. The zero-order chi connectivity index (χ0) is 27.3. The van der Waals surface area contributed by atoms with Gasteiger partial charge in [0, 0.05) is 23.9 Å².